The van der Waals surface area contributed by atoms with Crippen LogP contribution >= 0.6 is 0 Å². The summed E-state index contributed by atoms with van der Waals surface area (Å²) >= 11 is 0. The molecule has 0 spiro atoms. The molecule has 2 saturated carbocycles. The molecular weight excluding hydrogens is 402 g/mol. The van der Waals surface area contributed by atoms with Crippen molar-refractivity contribution < 1.29 is 4.79 Å². The zero-order chi connectivity index (χ0) is 22.8. The summed E-state index contributed by atoms with van der Waals surface area (Å²) in [5.74, 6) is 0.790. The maximum absolute atomic E-state index is 14.0. The minimum Gasteiger partial charge on any atom is -0.335 e. The zero-order valence-corrected chi connectivity index (χ0v) is 20.0. The minimum atomic E-state index is 0.0930. The summed E-state index contributed by atoms with van der Waals surface area (Å²) in [5, 5.41) is 0. The molecule has 3 aromatic carbocycles. The third-order valence-corrected chi connectivity index (χ3v) is 7.83. The molecule has 2 atom stereocenters. The number of aryl methyl sites for hydroxylation is 1. The number of benzene rings is 3. The molecule has 0 saturated heterocycles. The summed E-state index contributed by atoms with van der Waals surface area (Å²) in [6.45, 7) is 5.11. The topological polar surface area (TPSA) is 20.3 Å². The van der Waals surface area contributed by atoms with Crippen molar-refractivity contribution in [2.24, 2.45) is 5.92 Å². The summed E-state index contributed by atoms with van der Waals surface area (Å²) in [6, 6.07) is 26.4. The van der Waals surface area contributed by atoms with Crippen LogP contribution in [0.3, 0.4) is 0 Å². The molecule has 0 aliphatic heterocycles. The standard InChI is InChI=1S/C31H35NO/c1-22-10-8-15-27(23(22)2)21-32(28-18-19-28)31(33)30-17-7-6-16-29(30)26-14-9-13-25(20-26)24-11-4-3-5-12-24/h3-5,8-15,20,28-30H,6-7,16-19,21H2,1-2H3/t29-,30+/m1/s1. The lowest BCUT2D eigenvalue weighted by Crippen LogP contribution is -2.40. The Morgan fingerprint density at radius 2 is 1.55 bits per heavy atom. The fourth-order valence-corrected chi connectivity index (χ4v) is 5.56. The molecule has 0 unspecified atom stereocenters. The molecule has 33 heavy (non-hydrogen) atoms. The number of hydrogen-bond donors (Lipinski definition) is 0. The summed E-state index contributed by atoms with van der Waals surface area (Å²) in [4.78, 5) is 16.3. The Labute approximate surface area is 198 Å². The van der Waals surface area contributed by atoms with Gasteiger partial charge in [-0.3, -0.25) is 4.79 Å². The van der Waals surface area contributed by atoms with Gasteiger partial charge in [-0.05, 0) is 78.8 Å². The number of carbonyl (C=O) groups is 1. The molecule has 2 aliphatic rings. The van der Waals surface area contributed by atoms with Gasteiger partial charge >= 0.3 is 0 Å². The average molecular weight is 438 g/mol. The molecular formula is C31H35NO. The normalized spacial score (nSPS) is 20.4. The third-order valence-electron chi connectivity index (χ3n) is 7.83. The first-order chi connectivity index (χ1) is 16.1. The first-order valence-electron chi connectivity index (χ1n) is 12.6. The van der Waals surface area contributed by atoms with E-state index in [1.165, 1.54) is 39.8 Å². The molecule has 0 bridgehead atoms. The molecule has 170 valence electrons. The van der Waals surface area contributed by atoms with Crippen molar-refractivity contribution >= 4 is 5.91 Å². The van der Waals surface area contributed by atoms with Crippen LogP contribution in [0.2, 0.25) is 0 Å². The van der Waals surface area contributed by atoms with Crippen LogP contribution in [0.5, 0.6) is 0 Å². The second kappa shape index (κ2) is 9.55. The van der Waals surface area contributed by atoms with Gasteiger partial charge in [0.25, 0.3) is 0 Å². The van der Waals surface area contributed by atoms with Crippen molar-refractivity contribution in [3.63, 3.8) is 0 Å². The Kier molecular flexibility index (Phi) is 6.35. The molecule has 0 N–H and O–H groups in total. The second-order valence-corrected chi connectivity index (χ2v) is 10.0. The Balaban J connectivity index is 1.42. The van der Waals surface area contributed by atoms with Crippen molar-refractivity contribution in [1.82, 2.24) is 4.90 Å². The highest BCUT2D eigenvalue weighted by Gasteiger charge is 2.40. The fourth-order valence-electron chi connectivity index (χ4n) is 5.56. The van der Waals surface area contributed by atoms with Gasteiger partial charge in [-0.1, -0.05) is 85.6 Å². The van der Waals surface area contributed by atoms with Crippen molar-refractivity contribution in [3.05, 3.63) is 95.1 Å². The van der Waals surface area contributed by atoms with Crippen LogP contribution in [0.15, 0.2) is 72.8 Å². The zero-order valence-electron chi connectivity index (χ0n) is 20.0. The van der Waals surface area contributed by atoms with Gasteiger partial charge in [-0.25, -0.2) is 0 Å². The van der Waals surface area contributed by atoms with E-state index in [0.29, 0.717) is 17.9 Å². The first kappa shape index (κ1) is 21.9. The largest absolute Gasteiger partial charge is 0.335 e. The van der Waals surface area contributed by atoms with E-state index in [1.807, 2.05) is 0 Å². The summed E-state index contributed by atoms with van der Waals surface area (Å²) < 4.78 is 0. The monoisotopic (exact) mass is 437 g/mol. The van der Waals surface area contributed by atoms with Crippen LogP contribution in [0.4, 0.5) is 0 Å². The summed E-state index contributed by atoms with van der Waals surface area (Å²) in [7, 11) is 0. The molecule has 2 heteroatoms. The number of nitrogens with zero attached hydrogens (tertiary/aromatic N) is 1. The number of rotatable bonds is 6. The lowest BCUT2D eigenvalue weighted by atomic mass is 9.74. The van der Waals surface area contributed by atoms with Crippen LogP contribution in [0.25, 0.3) is 11.1 Å². The SMILES string of the molecule is Cc1cccc(CN(C(=O)[C@H]2CCCC[C@@H]2c2cccc(-c3ccccc3)c2)C2CC2)c1C. The van der Waals surface area contributed by atoms with Gasteiger partial charge in [-0.15, -0.1) is 0 Å². The Hall–Kier alpha value is -2.87. The van der Waals surface area contributed by atoms with E-state index in [4.69, 9.17) is 0 Å². The molecule has 2 aliphatic carbocycles. The van der Waals surface area contributed by atoms with Crippen LogP contribution in [-0.4, -0.2) is 16.8 Å². The molecule has 2 nitrogen and oxygen atoms in total. The predicted octanol–water partition coefficient (Wildman–Crippen LogP) is 7.44. The molecule has 0 heterocycles. The van der Waals surface area contributed by atoms with Crippen LogP contribution < -0.4 is 0 Å². The van der Waals surface area contributed by atoms with E-state index in [9.17, 15) is 4.79 Å². The maximum atomic E-state index is 14.0. The molecule has 1 amide bonds. The number of hydrogen-bond acceptors (Lipinski definition) is 1. The number of carbonyl (C=O) groups excluding carboxylic acids is 1. The molecule has 3 aromatic rings. The van der Waals surface area contributed by atoms with E-state index < -0.39 is 0 Å². The van der Waals surface area contributed by atoms with E-state index in [1.54, 1.807) is 0 Å². The lowest BCUT2D eigenvalue weighted by Gasteiger charge is -2.36. The van der Waals surface area contributed by atoms with Crippen molar-refractivity contribution in [1.29, 1.82) is 0 Å². The van der Waals surface area contributed by atoms with Gasteiger partial charge in [0, 0.05) is 18.5 Å². The Morgan fingerprint density at radius 1 is 0.818 bits per heavy atom. The average Bonchev–Trinajstić information content (AvgIpc) is 3.70. The van der Waals surface area contributed by atoms with Crippen molar-refractivity contribution in [2.45, 2.75) is 70.9 Å². The third kappa shape index (κ3) is 4.76. The van der Waals surface area contributed by atoms with Crippen molar-refractivity contribution in [2.75, 3.05) is 0 Å². The quantitative estimate of drug-likeness (QED) is 0.392. The predicted molar refractivity (Wildman–Crippen MR) is 136 cm³/mol. The Morgan fingerprint density at radius 3 is 2.33 bits per heavy atom. The highest BCUT2D eigenvalue weighted by molar-refractivity contribution is 5.81. The van der Waals surface area contributed by atoms with E-state index in [2.05, 4.69) is 91.5 Å². The van der Waals surface area contributed by atoms with Gasteiger partial charge < -0.3 is 4.90 Å². The van der Waals surface area contributed by atoms with Gasteiger partial charge in [-0.2, -0.15) is 0 Å². The summed E-state index contributed by atoms with van der Waals surface area (Å²) in [5.41, 5.74) is 7.76. The van der Waals surface area contributed by atoms with Crippen LogP contribution in [0, 0.1) is 19.8 Å². The smallest absolute Gasteiger partial charge is 0.226 e. The van der Waals surface area contributed by atoms with Crippen LogP contribution in [0.1, 0.15) is 66.7 Å². The molecule has 0 aromatic heterocycles. The van der Waals surface area contributed by atoms with E-state index in [0.717, 1.165) is 38.6 Å². The summed E-state index contributed by atoms with van der Waals surface area (Å²) in [6.07, 6.45) is 6.79. The minimum absolute atomic E-state index is 0.0930. The highest BCUT2D eigenvalue weighted by atomic mass is 16.2. The van der Waals surface area contributed by atoms with E-state index >= 15 is 0 Å². The lowest BCUT2D eigenvalue weighted by molar-refractivity contribution is -0.138. The Bertz CT molecular complexity index is 1110. The highest BCUT2D eigenvalue weighted by Crippen LogP contribution is 2.42. The van der Waals surface area contributed by atoms with Crippen LogP contribution in [-0.2, 0) is 11.3 Å². The van der Waals surface area contributed by atoms with Gasteiger partial charge in [0.1, 0.15) is 0 Å². The number of amides is 1. The first-order valence-corrected chi connectivity index (χ1v) is 12.6. The molecule has 5 rings (SSSR count). The van der Waals surface area contributed by atoms with Gasteiger partial charge in [0.05, 0.1) is 0 Å². The maximum Gasteiger partial charge on any atom is 0.226 e. The van der Waals surface area contributed by atoms with Gasteiger partial charge in [0.15, 0.2) is 0 Å². The van der Waals surface area contributed by atoms with Crippen molar-refractivity contribution in [3.8, 4) is 11.1 Å². The molecule has 0 radical (unpaired) electrons. The second-order valence-electron chi connectivity index (χ2n) is 10.0. The van der Waals surface area contributed by atoms with E-state index in [-0.39, 0.29) is 5.92 Å². The van der Waals surface area contributed by atoms with Gasteiger partial charge in [0.2, 0.25) is 5.91 Å². The fraction of sp³-hybridized carbons (Fsp3) is 0.387. The molecule has 2 fully saturated rings.